The maximum absolute atomic E-state index is 10.4. The fraction of sp³-hybridized carbons (Fsp3) is 0.714. The van der Waals surface area contributed by atoms with Gasteiger partial charge in [0.05, 0.1) is 5.75 Å². The summed E-state index contributed by atoms with van der Waals surface area (Å²) in [5.74, 6) is 0.318. The van der Waals surface area contributed by atoms with Gasteiger partial charge in [0.15, 0.2) is 11.1 Å². The molecule has 10 heavy (non-hydrogen) atoms. The van der Waals surface area contributed by atoms with Crippen molar-refractivity contribution in [2.75, 3.05) is 5.75 Å². The summed E-state index contributed by atoms with van der Waals surface area (Å²) in [6.45, 7) is 7.47. The molecule has 0 rings (SSSR count). The molecule has 0 aromatic heterocycles. The molecule has 60 valence electrons. The summed E-state index contributed by atoms with van der Waals surface area (Å²) in [7, 11) is 0. The van der Waals surface area contributed by atoms with Crippen molar-refractivity contribution in [3.05, 3.63) is 12.7 Å². The zero-order valence-corrected chi connectivity index (χ0v) is 7.28. The average molecular weight is 162 g/mol. The van der Waals surface area contributed by atoms with Gasteiger partial charge in [0.1, 0.15) is 0 Å². The lowest BCUT2D eigenvalue weighted by atomic mass is 9.92. The molecule has 0 aliphatic carbocycles. The van der Waals surface area contributed by atoms with Gasteiger partial charge >= 0.3 is 0 Å². The number of hydrogen-bond acceptors (Lipinski definition) is 1. The lowest BCUT2D eigenvalue weighted by Crippen LogP contribution is -2.19. The number of rotatable bonds is 4. The SMILES string of the molecule is C=CCC(C)(C)CS(=O)O. The molecule has 0 fully saturated rings. The summed E-state index contributed by atoms with van der Waals surface area (Å²) >= 11 is -1.68. The second-order valence-corrected chi connectivity index (χ2v) is 4.05. The maximum atomic E-state index is 10.4. The molecule has 0 saturated carbocycles. The molecule has 0 aromatic carbocycles. The van der Waals surface area contributed by atoms with Gasteiger partial charge in [-0.3, -0.25) is 0 Å². The average Bonchev–Trinajstić information content (AvgIpc) is 1.59. The molecule has 1 N–H and O–H groups in total. The van der Waals surface area contributed by atoms with Gasteiger partial charge in [-0.25, -0.2) is 4.21 Å². The molecule has 2 nitrogen and oxygen atoms in total. The molecule has 0 aliphatic heterocycles. The quantitative estimate of drug-likeness (QED) is 0.505. The summed E-state index contributed by atoms with van der Waals surface area (Å²) < 4.78 is 18.9. The Morgan fingerprint density at radius 3 is 2.50 bits per heavy atom. The number of hydrogen-bond donors (Lipinski definition) is 1. The number of allylic oxidation sites excluding steroid dienone is 1. The van der Waals surface area contributed by atoms with Crippen LogP contribution in [0.15, 0.2) is 12.7 Å². The van der Waals surface area contributed by atoms with Crippen LogP contribution in [0, 0.1) is 5.41 Å². The molecule has 0 aliphatic rings. The zero-order chi connectivity index (χ0) is 8.20. The molecule has 0 saturated heterocycles. The van der Waals surface area contributed by atoms with Crippen LogP contribution in [-0.2, 0) is 11.1 Å². The van der Waals surface area contributed by atoms with E-state index in [1.807, 2.05) is 13.8 Å². The van der Waals surface area contributed by atoms with Crippen molar-refractivity contribution in [1.29, 1.82) is 0 Å². The summed E-state index contributed by atoms with van der Waals surface area (Å²) in [6.07, 6.45) is 2.55. The van der Waals surface area contributed by atoms with Crippen molar-refractivity contribution in [1.82, 2.24) is 0 Å². The van der Waals surface area contributed by atoms with E-state index in [-0.39, 0.29) is 5.41 Å². The molecule has 0 aromatic rings. The van der Waals surface area contributed by atoms with Crippen LogP contribution in [0.25, 0.3) is 0 Å². The highest BCUT2D eigenvalue weighted by Gasteiger charge is 2.18. The van der Waals surface area contributed by atoms with E-state index in [0.717, 1.165) is 6.42 Å². The highest BCUT2D eigenvalue weighted by Crippen LogP contribution is 2.20. The minimum Gasteiger partial charge on any atom is -0.306 e. The highest BCUT2D eigenvalue weighted by molar-refractivity contribution is 7.79. The summed E-state index contributed by atoms with van der Waals surface area (Å²) in [4.78, 5) is 0. The Hall–Kier alpha value is -0.150. The van der Waals surface area contributed by atoms with E-state index in [1.54, 1.807) is 6.08 Å². The Bertz CT molecular complexity index is 141. The van der Waals surface area contributed by atoms with E-state index < -0.39 is 11.1 Å². The van der Waals surface area contributed by atoms with E-state index in [0.29, 0.717) is 5.75 Å². The van der Waals surface area contributed by atoms with Gasteiger partial charge in [-0.15, -0.1) is 6.58 Å². The Morgan fingerprint density at radius 1 is 1.70 bits per heavy atom. The second kappa shape index (κ2) is 3.88. The van der Waals surface area contributed by atoms with E-state index in [2.05, 4.69) is 6.58 Å². The lowest BCUT2D eigenvalue weighted by molar-refractivity contribution is 0.414. The molecule has 0 heterocycles. The van der Waals surface area contributed by atoms with Crippen LogP contribution in [0.1, 0.15) is 20.3 Å². The van der Waals surface area contributed by atoms with Crippen molar-refractivity contribution >= 4 is 11.1 Å². The first-order valence-electron chi connectivity index (χ1n) is 3.16. The molecule has 0 radical (unpaired) electrons. The highest BCUT2D eigenvalue weighted by atomic mass is 32.2. The molecular formula is C7H14O2S. The van der Waals surface area contributed by atoms with Crippen LogP contribution in [0.5, 0.6) is 0 Å². The van der Waals surface area contributed by atoms with Crippen LogP contribution in [0.2, 0.25) is 0 Å². The first kappa shape index (κ1) is 9.85. The standard InChI is InChI=1S/C7H14O2S/c1-4-5-7(2,3)6-10(8)9/h4H,1,5-6H2,2-3H3,(H,8,9). The van der Waals surface area contributed by atoms with Crippen molar-refractivity contribution in [3.8, 4) is 0 Å². The lowest BCUT2D eigenvalue weighted by Gasteiger charge is -2.19. The molecular weight excluding hydrogens is 148 g/mol. The summed E-state index contributed by atoms with van der Waals surface area (Å²) in [6, 6.07) is 0. The van der Waals surface area contributed by atoms with Gasteiger partial charge in [-0.1, -0.05) is 19.9 Å². The normalized spacial score (nSPS) is 14.7. The Kier molecular flexibility index (Phi) is 3.83. The third-order valence-corrected chi connectivity index (χ3v) is 2.24. The molecule has 0 spiro atoms. The van der Waals surface area contributed by atoms with Gasteiger partial charge in [0, 0.05) is 0 Å². The largest absolute Gasteiger partial charge is 0.306 e. The van der Waals surface area contributed by atoms with Crippen molar-refractivity contribution in [2.45, 2.75) is 20.3 Å². The Balaban J connectivity index is 3.85. The zero-order valence-electron chi connectivity index (χ0n) is 6.46. The fourth-order valence-corrected chi connectivity index (χ4v) is 1.57. The van der Waals surface area contributed by atoms with E-state index in [1.165, 1.54) is 0 Å². The van der Waals surface area contributed by atoms with Gasteiger partial charge in [0.2, 0.25) is 0 Å². The molecule has 0 amide bonds. The van der Waals surface area contributed by atoms with Crippen molar-refractivity contribution < 1.29 is 8.76 Å². The fourth-order valence-electron chi connectivity index (χ4n) is 0.784. The Morgan fingerprint density at radius 2 is 2.20 bits per heavy atom. The maximum Gasteiger partial charge on any atom is 0.153 e. The Labute approximate surface area is 64.6 Å². The topological polar surface area (TPSA) is 37.3 Å². The molecule has 0 bridgehead atoms. The molecule has 1 unspecified atom stereocenters. The van der Waals surface area contributed by atoms with Gasteiger partial charge in [0.25, 0.3) is 0 Å². The van der Waals surface area contributed by atoms with Crippen LogP contribution < -0.4 is 0 Å². The third kappa shape index (κ3) is 4.70. The predicted molar refractivity (Wildman–Crippen MR) is 44.2 cm³/mol. The van der Waals surface area contributed by atoms with E-state index in [9.17, 15) is 4.21 Å². The molecule has 1 atom stereocenters. The van der Waals surface area contributed by atoms with Crippen LogP contribution in [0.3, 0.4) is 0 Å². The minimum atomic E-state index is -1.68. The van der Waals surface area contributed by atoms with E-state index in [4.69, 9.17) is 4.55 Å². The summed E-state index contributed by atoms with van der Waals surface area (Å²) in [5, 5.41) is 0. The second-order valence-electron chi connectivity index (χ2n) is 3.12. The minimum absolute atomic E-state index is 0.0959. The van der Waals surface area contributed by atoms with Gasteiger partial charge in [-0.2, -0.15) is 0 Å². The first-order valence-corrected chi connectivity index (χ1v) is 4.44. The monoisotopic (exact) mass is 162 g/mol. The van der Waals surface area contributed by atoms with E-state index >= 15 is 0 Å². The third-order valence-electron chi connectivity index (χ3n) is 1.21. The first-order chi connectivity index (χ1) is 4.48. The summed E-state index contributed by atoms with van der Waals surface area (Å²) in [5.41, 5.74) is -0.0959. The van der Waals surface area contributed by atoms with Crippen LogP contribution in [-0.4, -0.2) is 14.5 Å². The van der Waals surface area contributed by atoms with Crippen LogP contribution >= 0.6 is 0 Å². The van der Waals surface area contributed by atoms with Gasteiger partial charge < -0.3 is 4.55 Å². The van der Waals surface area contributed by atoms with Gasteiger partial charge in [-0.05, 0) is 11.8 Å². The predicted octanol–water partition coefficient (Wildman–Crippen LogP) is 1.81. The molecule has 3 heteroatoms. The van der Waals surface area contributed by atoms with Crippen molar-refractivity contribution in [3.63, 3.8) is 0 Å². The van der Waals surface area contributed by atoms with Crippen LogP contribution in [0.4, 0.5) is 0 Å². The smallest absolute Gasteiger partial charge is 0.153 e. The van der Waals surface area contributed by atoms with Crippen molar-refractivity contribution in [2.24, 2.45) is 5.41 Å².